The summed E-state index contributed by atoms with van der Waals surface area (Å²) >= 11 is 2.14. The van der Waals surface area contributed by atoms with Crippen LogP contribution < -0.4 is 10.1 Å². The van der Waals surface area contributed by atoms with Gasteiger partial charge in [-0.1, -0.05) is 12.1 Å². The van der Waals surface area contributed by atoms with Crippen LogP contribution in [0.4, 0.5) is 0 Å². The van der Waals surface area contributed by atoms with E-state index in [2.05, 4.69) is 41.3 Å². The molecule has 1 atom stereocenters. The first kappa shape index (κ1) is 13.3. The highest BCUT2D eigenvalue weighted by Crippen LogP contribution is 2.37. The molecular weight excluding hydrogens is 254 g/mol. The number of thioether (sulfide) groups is 1. The van der Waals surface area contributed by atoms with E-state index in [1.54, 1.807) is 7.11 Å². The molecule has 2 fully saturated rings. The molecule has 1 saturated carbocycles. The Morgan fingerprint density at radius 1 is 1.26 bits per heavy atom. The molecule has 104 valence electrons. The summed E-state index contributed by atoms with van der Waals surface area (Å²) in [6.45, 7) is 1.21. The van der Waals surface area contributed by atoms with E-state index in [-0.39, 0.29) is 0 Å². The van der Waals surface area contributed by atoms with Gasteiger partial charge in [0.15, 0.2) is 0 Å². The van der Waals surface area contributed by atoms with Crippen molar-refractivity contribution in [1.29, 1.82) is 0 Å². The lowest BCUT2D eigenvalue weighted by molar-refractivity contribution is 0.291. The zero-order valence-corrected chi connectivity index (χ0v) is 12.4. The summed E-state index contributed by atoms with van der Waals surface area (Å²) in [6, 6.07) is 9.32. The second-order valence-corrected chi connectivity index (χ2v) is 7.09. The first-order valence-corrected chi connectivity index (χ1v) is 8.39. The van der Waals surface area contributed by atoms with Crippen LogP contribution >= 0.6 is 11.8 Å². The minimum atomic E-state index is 0.744. The van der Waals surface area contributed by atoms with Crippen LogP contribution in [0.1, 0.15) is 37.2 Å². The Hall–Kier alpha value is -0.670. The highest BCUT2D eigenvalue weighted by atomic mass is 32.2. The van der Waals surface area contributed by atoms with Gasteiger partial charge in [0, 0.05) is 17.8 Å². The zero-order valence-electron chi connectivity index (χ0n) is 11.6. The third-order valence-electron chi connectivity index (χ3n) is 4.38. The maximum Gasteiger partial charge on any atom is 0.118 e. The molecule has 0 spiro atoms. The molecule has 1 unspecified atom stereocenters. The molecule has 0 aromatic heterocycles. The van der Waals surface area contributed by atoms with E-state index in [9.17, 15) is 0 Å². The Morgan fingerprint density at radius 3 is 2.68 bits per heavy atom. The van der Waals surface area contributed by atoms with Crippen molar-refractivity contribution < 1.29 is 4.74 Å². The van der Waals surface area contributed by atoms with Crippen molar-refractivity contribution in [3.63, 3.8) is 0 Å². The van der Waals surface area contributed by atoms with Crippen LogP contribution in [0.3, 0.4) is 0 Å². The molecule has 1 heterocycles. The molecule has 3 heteroatoms. The Morgan fingerprint density at radius 2 is 2.05 bits per heavy atom. The summed E-state index contributed by atoms with van der Waals surface area (Å²) in [5, 5.41) is 4.61. The van der Waals surface area contributed by atoms with E-state index in [0.717, 1.165) is 23.0 Å². The van der Waals surface area contributed by atoms with E-state index in [4.69, 9.17) is 4.74 Å². The van der Waals surface area contributed by atoms with Gasteiger partial charge in [-0.3, -0.25) is 0 Å². The summed E-state index contributed by atoms with van der Waals surface area (Å²) in [6.07, 6.45) is 5.41. The number of benzene rings is 1. The molecule has 0 bridgehead atoms. The first-order chi connectivity index (χ1) is 9.35. The Balaban J connectivity index is 1.41. The lowest BCUT2D eigenvalue weighted by Gasteiger charge is -2.37. The Labute approximate surface area is 120 Å². The van der Waals surface area contributed by atoms with E-state index in [1.807, 2.05) is 0 Å². The van der Waals surface area contributed by atoms with Crippen LogP contribution in [0.25, 0.3) is 0 Å². The number of hydrogen-bond donors (Lipinski definition) is 1. The van der Waals surface area contributed by atoms with Crippen LogP contribution in [-0.4, -0.2) is 30.7 Å². The lowest BCUT2D eigenvalue weighted by Crippen LogP contribution is -2.42. The van der Waals surface area contributed by atoms with Crippen LogP contribution in [0.2, 0.25) is 0 Å². The Bertz CT molecular complexity index is 394. The molecule has 1 saturated heterocycles. The standard InChI is InChI=1S/C16H23NOS/c1-18-15-6-4-12(5-7-15)13-9-14(10-13)17-11-16-3-2-8-19-16/h4-7,13-14,16-17H,2-3,8-11H2,1H3. The van der Waals surface area contributed by atoms with Gasteiger partial charge in [-0.2, -0.15) is 11.8 Å². The van der Waals surface area contributed by atoms with Gasteiger partial charge >= 0.3 is 0 Å². The molecule has 1 aliphatic carbocycles. The van der Waals surface area contributed by atoms with E-state index in [0.29, 0.717) is 0 Å². The third-order valence-corrected chi connectivity index (χ3v) is 5.78. The molecule has 1 aromatic rings. The van der Waals surface area contributed by atoms with Crippen LogP contribution in [0, 0.1) is 0 Å². The fraction of sp³-hybridized carbons (Fsp3) is 0.625. The maximum atomic E-state index is 5.20. The number of nitrogens with one attached hydrogen (secondary N) is 1. The van der Waals surface area contributed by atoms with Crippen molar-refractivity contribution in [2.24, 2.45) is 0 Å². The van der Waals surface area contributed by atoms with Gasteiger partial charge in [0.05, 0.1) is 7.11 Å². The molecule has 1 aliphatic heterocycles. The predicted molar refractivity (Wildman–Crippen MR) is 82.2 cm³/mol. The van der Waals surface area contributed by atoms with Crippen molar-refractivity contribution in [2.45, 2.75) is 42.9 Å². The molecular formula is C16H23NOS. The summed E-state index contributed by atoms with van der Waals surface area (Å²) in [5.41, 5.74) is 1.47. The van der Waals surface area contributed by atoms with Gasteiger partial charge in [0.1, 0.15) is 5.75 Å². The van der Waals surface area contributed by atoms with Crippen LogP contribution in [-0.2, 0) is 0 Å². The van der Waals surface area contributed by atoms with Gasteiger partial charge in [-0.25, -0.2) is 0 Å². The highest BCUT2D eigenvalue weighted by Gasteiger charge is 2.30. The van der Waals surface area contributed by atoms with E-state index < -0.39 is 0 Å². The van der Waals surface area contributed by atoms with Gasteiger partial charge in [-0.15, -0.1) is 0 Å². The van der Waals surface area contributed by atoms with Crippen LogP contribution in [0.15, 0.2) is 24.3 Å². The van der Waals surface area contributed by atoms with Crippen molar-refractivity contribution in [1.82, 2.24) is 5.32 Å². The molecule has 3 rings (SSSR count). The fourth-order valence-corrected chi connectivity index (χ4v) is 4.25. The summed E-state index contributed by atoms with van der Waals surface area (Å²) in [5.74, 6) is 3.07. The average molecular weight is 277 g/mol. The third kappa shape index (κ3) is 3.26. The van der Waals surface area contributed by atoms with Gasteiger partial charge in [-0.05, 0) is 55.1 Å². The molecule has 2 nitrogen and oxygen atoms in total. The molecule has 19 heavy (non-hydrogen) atoms. The topological polar surface area (TPSA) is 21.3 Å². The fourth-order valence-electron chi connectivity index (χ4n) is 3.04. The van der Waals surface area contributed by atoms with Gasteiger partial charge in [0.2, 0.25) is 0 Å². The number of rotatable bonds is 5. The van der Waals surface area contributed by atoms with Gasteiger partial charge in [0.25, 0.3) is 0 Å². The van der Waals surface area contributed by atoms with Gasteiger partial charge < -0.3 is 10.1 Å². The normalized spacial score (nSPS) is 30.1. The summed E-state index contributed by atoms with van der Waals surface area (Å²) in [7, 11) is 1.72. The number of ether oxygens (including phenoxy) is 1. The highest BCUT2D eigenvalue weighted by molar-refractivity contribution is 8.00. The predicted octanol–water partition coefficient (Wildman–Crippen LogP) is 3.43. The molecule has 0 amide bonds. The largest absolute Gasteiger partial charge is 0.497 e. The zero-order chi connectivity index (χ0) is 13.1. The lowest BCUT2D eigenvalue weighted by atomic mass is 9.76. The van der Waals surface area contributed by atoms with E-state index in [1.165, 1.54) is 43.5 Å². The maximum absolute atomic E-state index is 5.20. The molecule has 0 radical (unpaired) electrons. The van der Waals surface area contributed by atoms with Crippen molar-refractivity contribution in [3.05, 3.63) is 29.8 Å². The van der Waals surface area contributed by atoms with E-state index >= 15 is 0 Å². The molecule has 1 aromatic carbocycles. The summed E-state index contributed by atoms with van der Waals surface area (Å²) < 4.78 is 5.20. The summed E-state index contributed by atoms with van der Waals surface area (Å²) in [4.78, 5) is 0. The quantitative estimate of drug-likeness (QED) is 0.891. The average Bonchev–Trinajstić information content (AvgIpc) is 2.91. The molecule has 2 aliphatic rings. The molecule has 1 N–H and O–H groups in total. The van der Waals surface area contributed by atoms with Crippen LogP contribution in [0.5, 0.6) is 5.75 Å². The monoisotopic (exact) mass is 277 g/mol. The second-order valence-electron chi connectivity index (χ2n) is 5.68. The van der Waals surface area contributed by atoms with Crippen molar-refractivity contribution in [3.8, 4) is 5.75 Å². The smallest absolute Gasteiger partial charge is 0.118 e. The number of methoxy groups -OCH3 is 1. The van der Waals surface area contributed by atoms with Crippen molar-refractivity contribution >= 4 is 11.8 Å². The SMILES string of the molecule is COc1ccc(C2CC(NCC3CCCS3)C2)cc1. The minimum Gasteiger partial charge on any atom is -0.497 e. The number of hydrogen-bond acceptors (Lipinski definition) is 3. The second kappa shape index (κ2) is 6.19. The Kier molecular flexibility index (Phi) is 4.34. The first-order valence-electron chi connectivity index (χ1n) is 7.34. The minimum absolute atomic E-state index is 0.744. The van der Waals surface area contributed by atoms with Crippen molar-refractivity contribution in [2.75, 3.05) is 19.4 Å².